The van der Waals surface area contributed by atoms with Gasteiger partial charge in [-0.3, -0.25) is 4.79 Å². The summed E-state index contributed by atoms with van der Waals surface area (Å²) < 4.78 is -0.422. The van der Waals surface area contributed by atoms with Crippen molar-refractivity contribution in [3.8, 4) is 0 Å². The summed E-state index contributed by atoms with van der Waals surface area (Å²) in [5.74, 6) is 0.218. The Morgan fingerprint density at radius 2 is 1.76 bits per heavy atom. The average Bonchev–Trinajstić information content (AvgIpc) is 2.29. The number of carbonyl (C=O) groups is 1. The fourth-order valence-corrected chi connectivity index (χ4v) is 2.80. The normalized spacial score (nSPS) is 18.8. The fraction of sp³-hybridized carbons (Fsp3) is 0.923. The molecule has 4 heteroatoms. The number of amides is 1. The lowest BCUT2D eigenvalue weighted by Gasteiger charge is -2.39. The van der Waals surface area contributed by atoms with Crippen molar-refractivity contribution in [2.45, 2.75) is 50.9 Å². The molecule has 0 N–H and O–H groups in total. The van der Waals surface area contributed by atoms with Crippen molar-refractivity contribution >= 4 is 21.8 Å². The second-order valence-corrected chi connectivity index (χ2v) is 7.20. The smallest absolute Gasteiger partial charge is 0.238 e. The molecule has 0 aliphatic carbocycles. The molecule has 0 aromatic rings. The van der Waals surface area contributed by atoms with Gasteiger partial charge in [0.15, 0.2) is 0 Å². The van der Waals surface area contributed by atoms with Crippen LogP contribution < -0.4 is 0 Å². The second-order valence-electron chi connectivity index (χ2n) is 5.22. The van der Waals surface area contributed by atoms with E-state index in [1.807, 2.05) is 18.7 Å². The molecule has 1 fully saturated rings. The summed E-state index contributed by atoms with van der Waals surface area (Å²) in [5.41, 5.74) is 0. The maximum Gasteiger partial charge on any atom is 0.238 e. The third-order valence-corrected chi connectivity index (χ3v) is 3.93. The molecule has 0 aromatic heterocycles. The average molecular weight is 305 g/mol. The lowest BCUT2D eigenvalue weighted by molar-refractivity contribution is -0.134. The minimum absolute atomic E-state index is 0.218. The molecule has 17 heavy (non-hydrogen) atoms. The molecule has 0 aromatic carbocycles. The van der Waals surface area contributed by atoms with Gasteiger partial charge in [-0.2, -0.15) is 0 Å². The van der Waals surface area contributed by atoms with E-state index in [1.165, 1.54) is 0 Å². The highest BCUT2D eigenvalue weighted by Crippen LogP contribution is 2.23. The lowest BCUT2D eigenvalue weighted by atomic mass is 10.0. The van der Waals surface area contributed by atoms with Gasteiger partial charge in [0, 0.05) is 19.1 Å². The molecule has 0 spiro atoms. The summed E-state index contributed by atoms with van der Waals surface area (Å²) in [6, 6.07) is 0.660. The molecule has 0 radical (unpaired) electrons. The van der Waals surface area contributed by atoms with Crippen molar-refractivity contribution in [3.05, 3.63) is 0 Å². The molecule has 0 bridgehead atoms. The molecule has 1 rings (SSSR count). The molecule has 0 unspecified atom stereocenters. The van der Waals surface area contributed by atoms with Crippen LogP contribution in [0, 0.1) is 0 Å². The van der Waals surface area contributed by atoms with Crippen LogP contribution in [0.1, 0.15) is 40.5 Å². The minimum atomic E-state index is -0.422. The van der Waals surface area contributed by atoms with Crippen LogP contribution in [-0.2, 0) is 4.79 Å². The first kappa shape index (κ1) is 15.0. The SMILES string of the molecule is CCN(CC)C1CCN(C(=O)C(C)(C)Br)CC1. The highest BCUT2D eigenvalue weighted by Gasteiger charge is 2.32. The van der Waals surface area contributed by atoms with E-state index in [-0.39, 0.29) is 5.91 Å². The molecule has 0 saturated carbocycles. The number of rotatable bonds is 4. The summed E-state index contributed by atoms with van der Waals surface area (Å²) in [4.78, 5) is 16.6. The Labute approximate surface area is 114 Å². The van der Waals surface area contributed by atoms with Gasteiger partial charge in [-0.25, -0.2) is 0 Å². The number of nitrogens with zero attached hydrogens (tertiary/aromatic N) is 2. The maximum atomic E-state index is 12.1. The lowest BCUT2D eigenvalue weighted by Crippen LogP contribution is -2.50. The first-order valence-corrected chi connectivity index (χ1v) is 7.41. The molecule has 0 atom stereocenters. The monoisotopic (exact) mass is 304 g/mol. The molecule has 1 aliphatic heterocycles. The van der Waals surface area contributed by atoms with Crippen LogP contribution in [0.5, 0.6) is 0 Å². The van der Waals surface area contributed by atoms with Crippen LogP contribution in [0.15, 0.2) is 0 Å². The van der Waals surface area contributed by atoms with E-state index in [9.17, 15) is 4.79 Å². The van der Waals surface area contributed by atoms with Gasteiger partial charge < -0.3 is 9.80 Å². The van der Waals surface area contributed by atoms with Crippen LogP contribution >= 0.6 is 15.9 Å². The quantitative estimate of drug-likeness (QED) is 0.745. The van der Waals surface area contributed by atoms with Crippen molar-refractivity contribution < 1.29 is 4.79 Å². The van der Waals surface area contributed by atoms with Gasteiger partial charge in [-0.15, -0.1) is 0 Å². The minimum Gasteiger partial charge on any atom is -0.341 e. The predicted octanol–water partition coefficient (Wildman–Crippen LogP) is 2.49. The van der Waals surface area contributed by atoms with E-state index < -0.39 is 4.32 Å². The highest BCUT2D eigenvalue weighted by atomic mass is 79.9. The highest BCUT2D eigenvalue weighted by molar-refractivity contribution is 9.10. The number of halogens is 1. The van der Waals surface area contributed by atoms with Gasteiger partial charge in [0.25, 0.3) is 0 Å². The van der Waals surface area contributed by atoms with Crippen LogP contribution in [0.3, 0.4) is 0 Å². The van der Waals surface area contributed by atoms with Gasteiger partial charge in [0.05, 0.1) is 4.32 Å². The zero-order valence-corrected chi connectivity index (χ0v) is 13.1. The van der Waals surface area contributed by atoms with Crippen molar-refractivity contribution in [2.75, 3.05) is 26.2 Å². The summed E-state index contributed by atoms with van der Waals surface area (Å²) in [5, 5.41) is 0. The van der Waals surface area contributed by atoms with Gasteiger partial charge in [-0.05, 0) is 39.8 Å². The third-order valence-electron chi connectivity index (χ3n) is 3.59. The zero-order chi connectivity index (χ0) is 13.1. The van der Waals surface area contributed by atoms with E-state index in [2.05, 4.69) is 34.7 Å². The molecular weight excluding hydrogens is 280 g/mol. The Morgan fingerprint density at radius 1 is 1.29 bits per heavy atom. The standard InChI is InChI=1S/C13H25BrN2O/c1-5-15(6-2)11-7-9-16(10-8-11)12(17)13(3,4)14/h11H,5-10H2,1-4H3. The summed E-state index contributed by atoms with van der Waals surface area (Å²) in [6.45, 7) is 12.3. The molecule has 3 nitrogen and oxygen atoms in total. The van der Waals surface area contributed by atoms with Crippen LogP contribution in [0.25, 0.3) is 0 Å². The molecule has 1 saturated heterocycles. The van der Waals surface area contributed by atoms with Crippen LogP contribution in [0.4, 0.5) is 0 Å². The summed E-state index contributed by atoms with van der Waals surface area (Å²) in [7, 11) is 0. The van der Waals surface area contributed by atoms with E-state index in [0.29, 0.717) is 6.04 Å². The summed E-state index contributed by atoms with van der Waals surface area (Å²) >= 11 is 3.45. The fourth-order valence-electron chi connectivity index (χ4n) is 2.55. The third kappa shape index (κ3) is 3.95. The van der Waals surface area contributed by atoms with Gasteiger partial charge in [0.2, 0.25) is 5.91 Å². The summed E-state index contributed by atoms with van der Waals surface area (Å²) in [6.07, 6.45) is 2.22. The van der Waals surface area contributed by atoms with E-state index in [0.717, 1.165) is 39.0 Å². The number of likely N-dealkylation sites (tertiary alicyclic amines) is 1. The van der Waals surface area contributed by atoms with Gasteiger partial charge in [0.1, 0.15) is 0 Å². The molecular formula is C13H25BrN2O. The number of carbonyl (C=O) groups excluding carboxylic acids is 1. The Kier molecular flexibility index (Phi) is 5.45. The van der Waals surface area contributed by atoms with Gasteiger partial charge in [-0.1, -0.05) is 29.8 Å². The van der Waals surface area contributed by atoms with E-state index in [4.69, 9.17) is 0 Å². The Bertz CT molecular complexity index is 251. The van der Waals surface area contributed by atoms with Crippen molar-refractivity contribution in [3.63, 3.8) is 0 Å². The molecule has 100 valence electrons. The maximum absolute atomic E-state index is 12.1. The predicted molar refractivity (Wildman–Crippen MR) is 75.5 cm³/mol. The Balaban J connectivity index is 2.48. The molecule has 1 amide bonds. The largest absolute Gasteiger partial charge is 0.341 e. The van der Waals surface area contributed by atoms with E-state index >= 15 is 0 Å². The second kappa shape index (κ2) is 6.19. The number of hydrogen-bond donors (Lipinski definition) is 0. The number of piperidine rings is 1. The van der Waals surface area contributed by atoms with Gasteiger partial charge >= 0.3 is 0 Å². The van der Waals surface area contributed by atoms with Crippen molar-refractivity contribution in [1.82, 2.24) is 9.80 Å². The topological polar surface area (TPSA) is 23.6 Å². The Hall–Kier alpha value is -0.0900. The van der Waals surface area contributed by atoms with Crippen LogP contribution in [0.2, 0.25) is 0 Å². The van der Waals surface area contributed by atoms with Crippen molar-refractivity contribution in [1.29, 1.82) is 0 Å². The van der Waals surface area contributed by atoms with E-state index in [1.54, 1.807) is 0 Å². The van der Waals surface area contributed by atoms with Crippen LogP contribution in [-0.4, -0.2) is 52.3 Å². The number of hydrogen-bond acceptors (Lipinski definition) is 2. The first-order valence-electron chi connectivity index (χ1n) is 6.62. The number of alkyl halides is 1. The first-order chi connectivity index (χ1) is 7.90. The van der Waals surface area contributed by atoms with Crippen molar-refractivity contribution in [2.24, 2.45) is 0 Å². The zero-order valence-electron chi connectivity index (χ0n) is 11.5. The molecule has 1 aliphatic rings. The Morgan fingerprint density at radius 3 is 2.12 bits per heavy atom. The molecule has 1 heterocycles.